The summed E-state index contributed by atoms with van der Waals surface area (Å²) < 4.78 is 4.33. The highest BCUT2D eigenvalue weighted by molar-refractivity contribution is 5.70. The maximum atomic E-state index is 10.7. The first-order valence-electron chi connectivity index (χ1n) is 3.98. The molecule has 0 aliphatic carbocycles. The van der Waals surface area contributed by atoms with Crippen LogP contribution in [0.5, 0.6) is 0 Å². The van der Waals surface area contributed by atoms with Crippen LogP contribution in [0.1, 0.15) is 19.8 Å². The molecule has 0 N–H and O–H groups in total. The number of carbonyl (C=O) groups is 1. The standard InChI is InChI=1S/C8H13NO4/c1-3-4-5-7(9(11)12)6-8(10)13-2/h4-5,7H,3,6H2,1-2H3/b5-4+. The van der Waals surface area contributed by atoms with Crippen molar-refractivity contribution in [3.63, 3.8) is 0 Å². The second kappa shape index (κ2) is 6.16. The minimum atomic E-state index is -0.965. The molecule has 0 aromatic rings. The van der Waals surface area contributed by atoms with E-state index in [0.717, 1.165) is 0 Å². The van der Waals surface area contributed by atoms with E-state index >= 15 is 0 Å². The van der Waals surface area contributed by atoms with Gasteiger partial charge >= 0.3 is 5.97 Å². The van der Waals surface area contributed by atoms with Crippen molar-refractivity contribution in [1.82, 2.24) is 0 Å². The van der Waals surface area contributed by atoms with Crippen LogP contribution in [0, 0.1) is 10.1 Å². The molecule has 0 bridgehead atoms. The average Bonchev–Trinajstić information content (AvgIpc) is 2.11. The predicted octanol–water partition coefficient (Wildman–Crippen LogP) is 1.16. The smallest absolute Gasteiger partial charge is 0.312 e. The van der Waals surface area contributed by atoms with Gasteiger partial charge in [0.15, 0.2) is 0 Å². The second-order valence-electron chi connectivity index (χ2n) is 2.47. The predicted molar refractivity (Wildman–Crippen MR) is 46.8 cm³/mol. The van der Waals surface area contributed by atoms with Crippen LogP contribution in [0.25, 0.3) is 0 Å². The minimum absolute atomic E-state index is 0.208. The number of hydrogen-bond donors (Lipinski definition) is 0. The summed E-state index contributed by atoms with van der Waals surface area (Å²) in [6.07, 6.45) is 3.58. The lowest BCUT2D eigenvalue weighted by Gasteiger charge is -2.02. The van der Waals surface area contributed by atoms with Gasteiger partial charge in [0.25, 0.3) is 0 Å². The Hall–Kier alpha value is -1.39. The molecule has 74 valence electrons. The highest BCUT2D eigenvalue weighted by Gasteiger charge is 2.20. The van der Waals surface area contributed by atoms with Gasteiger partial charge in [0, 0.05) is 4.92 Å². The van der Waals surface area contributed by atoms with Gasteiger partial charge in [-0.25, -0.2) is 0 Å². The SMILES string of the molecule is CC/C=C/C(CC(=O)OC)[N+](=O)[O-]. The topological polar surface area (TPSA) is 69.4 Å². The largest absolute Gasteiger partial charge is 0.469 e. The fourth-order valence-corrected chi connectivity index (χ4v) is 0.760. The van der Waals surface area contributed by atoms with Crippen molar-refractivity contribution >= 4 is 5.97 Å². The summed E-state index contributed by atoms with van der Waals surface area (Å²) >= 11 is 0. The summed E-state index contributed by atoms with van der Waals surface area (Å²) in [7, 11) is 1.21. The monoisotopic (exact) mass is 187 g/mol. The van der Waals surface area contributed by atoms with Gasteiger partial charge in [0.1, 0.15) is 6.42 Å². The molecule has 5 nitrogen and oxygen atoms in total. The zero-order valence-electron chi connectivity index (χ0n) is 7.73. The van der Waals surface area contributed by atoms with E-state index in [0.29, 0.717) is 6.42 Å². The molecule has 5 heteroatoms. The fraction of sp³-hybridized carbons (Fsp3) is 0.625. The normalized spacial score (nSPS) is 12.8. The number of hydrogen-bond acceptors (Lipinski definition) is 4. The first kappa shape index (κ1) is 11.6. The van der Waals surface area contributed by atoms with Crippen LogP contribution < -0.4 is 0 Å². The molecule has 0 aromatic carbocycles. The number of nitro groups is 1. The van der Waals surface area contributed by atoms with Crippen LogP contribution in [0.3, 0.4) is 0 Å². The van der Waals surface area contributed by atoms with Crippen molar-refractivity contribution in [2.45, 2.75) is 25.8 Å². The van der Waals surface area contributed by atoms with E-state index in [9.17, 15) is 14.9 Å². The Bertz CT molecular complexity index is 212. The molecular weight excluding hydrogens is 174 g/mol. The Kier molecular flexibility index (Phi) is 5.50. The van der Waals surface area contributed by atoms with Crippen molar-refractivity contribution in [3.05, 3.63) is 22.3 Å². The van der Waals surface area contributed by atoms with Crippen LogP contribution in [0.4, 0.5) is 0 Å². The van der Waals surface area contributed by atoms with Crippen molar-refractivity contribution in [1.29, 1.82) is 0 Å². The number of nitrogens with zero attached hydrogens (tertiary/aromatic N) is 1. The molecule has 0 amide bonds. The molecule has 0 spiro atoms. The minimum Gasteiger partial charge on any atom is -0.469 e. The molecule has 0 rings (SSSR count). The molecule has 0 aromatic heterocycles. The highest BCUT2D eigenvalue weighted by atomic mass is 16.6. The summed E-state index contributed by atoms with van der Waals surface area (Å²) in [5.41, 5.74) is 0. The molecule has 0 fully saturated rings. The Labute approximate surface area is 76.5 Å². The number of methoxy groups -OCH3 is 1. The molecule has 0 saturated carbocycles. The van der Waals surface area contributed by atoms with Crippen LogP contribution in [-0.2, 0) is 9.53 Å². The number of allylic oxidation sites excluding steroid dienone is 1. The maximum absolute atomic E-state index is 10.7. The van der Waals surface area contributed by atoms with E-state index in [1.807, 2.05) is 6.92 Å². The molecule has 1 atom stereocenters. The Balaban J connectivity index is 4.18. The molecule has 0 heterocycles. The van der Waals surface area contributed by atoms with E-state index in [-0.39, 0.29) is 6.42 Å². The lowest BCUT2D eigenvalue weighted by molar-refractivity contribution is -0.508. The van der Waals surface area contributed by atoms with Crippen molar-refractivity contribution in [3.8, 4) is 0 Å². The van der Waals surface area contributed by atoms with Crippen molar-refractivity contribution in [2.24, 2.45) is 0 Å². The van der Waals surface area contributed by atoms with E-state index in [4.69, 9.17) is 0 Å². The van der Waals surface area contributed by atoms with Gasteiger partial charge in [0.05, 0.1) is 7.11 Å². The quantitative estimate of drug-likeness (QED) is 0.280. The van der Waals surface area contributed by atoms with Gasteiger partial charge in [-0.2, -0.15) is 0 Å². The molecule has 1 unspecified atom stereocenters. The fourth-order valence-electron chi connectivity index (χ4n) is 0.760. The molecule has 0 radical (unpaired) electrons. The van der Waals surface area contributed by atoms with E-state index in [2.05, 4.69) is 4.74 Å². The van der Waals surface area contributed by atoms with E-state index < -0.39 is 16.9 Å². The number of esters is 1. The summed E-state index contributed by atoms with van der Waals surface area (Å²) in [6.45, 7) is 1.87. The third-order valence-corrected chi connectivity index (χ3v) is 1.47. The van der Waals surface area contributed by atoms with Gasteiger partial charge in [-0.3, -0.25) is 14.9 Å². The molecule has 13 heavy (non-hydrogen) atoms. The lowest BCUT2D eigenvalue weighted by Crippen LogP contribution is -2.21. The molecule has 0 saturated heterocycles. The number of carbonyl (C=O) groups excluding carboxylic acids is 1. The number of ether oxygens (including phenoxy) is 1. The average molecular weight is 187 g/mol. The third-order valence-electron chi connectivity index (χ3n) is 1.47. The lowest BCUT2D eigenvalue weighted by atomic mass is 10.2. The zero-order valence-corrected chi connectivity index (χ0v) is 7.73. The van der Waals surface area contributed by atoms with Gasteiger partial charge in [0.2, 0.25) is 6.04 Å². The molecular formula is C8H13NO4. The van der Waals surface area contributed by atoms with Gasteiger partial charge < -0.3 is 4.74 Å². The first-order chi connectivity index (χ1) is 6.11. The van der Waals surface area contributed by atoms with Gasteiger partial charge in [-0.05, 0) is 12.5 Å². The molecule has 0 aliphatic heterocycles. The van der Waals surface area contributed by atoms with Crippen molar-refractivity contribution in [2.75, 3.05) is 7.11 Å². The van der Waals surface area contributed by atoms with Crippen LogP contribution >= 0.6 is 0 Å². The summed E-state index contributed by atoms with van der Waals surface area (Å²) in [5, 5.41) is 10.4. The Morgan fingerprint density at radius 1 is 1.69 bits per heavy atom. The first-order valence-corrected chi connectivity index (χ1v) is 3.98. The summed E-state index contributed by atoms with van der Waals surface area (Å²) in [6, 6.07) is -0.965. The molecule has 0 aliphatic rings. The Morgan fingerprint density at radius 2 is 2.31 bits per heavy atom. The third kappa shape index (κ3) is 4.95. The van der Waals surface area contributed by atoms with Crippen LogP contribution in [0.15, 0.2) is 12.2 Å². The number of rotatable bonds is 5. The van der Waals surface area contributed by atoms with Crippen LogP contribution in [-0.4, -0.2) is 24.0 Å². The highest BCUT2D eigenvalue weighted by Crippen LogP contribution is 2.01. The summed E-state index contributed by atoms with van der Waals surface area (Å²) in [4.78, 5) is 20.6. The van der Waals surface area contributed by atoms with Gasteiger partial charge in [-0.1, -0.05) is 13.0 Å². The van der Waals surface area contributed by atoms with Crippen LogP contribution in [0.2, 0.25) is 0 Å². The van der Waals surface area contributed by atoms with Gasteiger partial charge in [-0.15, -0.1) is 0 Å². The Morgan fingerprint density at radius 3 is 2.69 bits per heavy atom. The van der Waals surface area contributed by atoms with E-state index in [1.165, 1.54) is 13.2 Å². The zero-order chi connectivity index (χ0) is 10.3. The second-order valence-corrected chi connectivity index (χ2v) is 2.47. The maximum Gasteiger partial charge on any atom is 0.312 e. The summed E-state index contributed by atoms with van der Waals surface area (Å²) in [5.74, 6) is -0.567. The van der Waals surface area contributed by atoms with Crippen molar-refractivity contribution < 1.29 is 14.5 Å². The van der Waals surface area contributed by atoms with E-state index in [1.54, 1.807) is 6.08 Å².